The van der Waals surface area contributed by atoms with Gasteiger partial charge in [0.05, 0.1) is 10.5 Å². The zero-order valence-corrected chi connectivity index (χ0v) is 7.53. The lowest BCUT2D eigenvalue weighted by Crippen LogP contribution is -2.27. The lowest BCUT2D eigenvalue weighted by Gasteiger charge is -2.04. The maximum absolute atomic E-state index is 11.2. The molecule has 0 radical (unpaired) electrons. The monoisotopic (exact) mass is 209 g/mol. The lowest BCUT2D eigenvalue weighted by molar-refractivity contribution is -0.547. The number of hydrogen-bond acceptors (Lipinski definition) is 5. The van der Waals surface area contributed by atoms with Crippen LogP contribution in [0.3, 0.4) is 0 Å². The highest BCUT2D eigenvalue weighted by Gasteiger charge is 2.24. The van der Waals surface area contributed by atoms with E-state index in [4.69, 9.17) is 0 Å². The van der Waals surface area contributed by atoms with E-state index in [2.05, 4.69) is 4.74 Å². The van der Waals surface area contributed by atoms with E-state index in [0.29, 0.717) is 0 Å². The molecule has 0 bridgehead atoms. The highest BCUT2D eigenvalue weighted by Crippen LogP contribution is 2.03. The van der Waals surface area contributed by atoms with Crippen LogP contribution in [0.5, 0.6) is 0 Å². The summed E-state index contributed by atoms with van der Waals surface area (Å²) in [7, 11) is 0. The Hall–Kier alpha value is -2.24. The van der Waals surface area contributed by atoms with Gasteiger partial charge >= 0.3 is 12.2 Å². The first-order valence-corrected chi connectivity index (χ1v) is 4.00. The third kappa shape index (κ3) is 2.87. The van der Waals surface area contributed by atoms with Crippen molar-refractivity contribution in [3.8, 4) is 0 Å². The van der Waals surface area contributed by atoms with Gasteiger partial charge in [0.1, 0.15) is 0 Å². The highest BCUT2D eigenvalue weighted by molar-refractivity contribution is 5.90. The number of nitrogens with zero attached hydrogens (tertiary/aromatic N) is 1. The first kappa shape index (κ1) is 10.8. The molecule has 0 aliphatic carbocycles. The quantitative estimate of drug-likeness (QED) is 0.239. The van der Waals surface area contributed by atoms with E-state index in [-0.39, 0.29) is 11.8 Å². The highest BCUT2D eigenvalue weighted by atomic mass is 16.7. The van der Waals surface area contributed by atoms with Crippen LogP contribution >= 0.6 is 0 Å². The minimum atomic E-state index is -1.95. The fraction of sp³-hybridized carbons (Fsp3) is 0.111. The van der Waals surface area contributed by atoms with E-state index >= 15 is 0 Å². The summed E-state index contributed by atoms with van der Waals surface area (Å²) in [5.41, 5.74) is 0.159. The minimum Gasteiger partial charge on any atom is -0.388 e. The average Bonchev–Trinajstić information content (AvgIpc) is 2.26. The van der Waals surface area contributed by atoms with E-state index in [9.17, 15) is 19.7 Å². The molecule has 1 unspecified atom stereocenters. The molecule has 1 atom stereocenters. The Balaban J connectivity index is 2.71. The van der Waals surface area contributed by atoms with Gasteiger partial charge in [-0.25, -0.2) is 4.79 Å². The Morgan fingerprint density at radius 3 is 2.47 bits per heavy atom. The summed E-state index contributed by atoms with van der Waals surface area (Å²) in [4.78, 5) is 30.6. The molecule has 1 aromatic carbocycles. The second-order valence-electron chi connectivity index (χ2n) is 2.58. The van der Waals surface area contributed by atoms with E-state index in [1.807, 2.05) is 0 Å². The third-order valence-electron chi connectivity index (χ3n) is 1.56. The van der Waals surface area contributed by atoms with Crippen LogP contribution in [0.4, 0.5) is 0 Å². The van der Waals surface area contributed by atoms with E-state index < -0.39 is 17.1 Å². The van der Waals surface area contributed by atoms with Gasteiger partial charge in [0.2, 0.25) is 6.29 Å². The molecule has 0 N–H and O–H groups in total. The van der Waals surface area contributed by atoms with Crippen molar-refractivity contribution < 1.29 is 19.2 Å². The molecule has 0 aliphatic heterocycles. The zero-order chi connectivity index (χ0) is 11.3. The number of nitro groups is 1. The number of carbonyl (C=O) groups excluding carboxylic acids is 2. The first-order valence-electron chi connectivity index (χ1n) is 4.00. The molecule has 6 nitrogen and oxygen atoms in total. The predicted octanol–water partition coefficient (Wildman–Crippen LogP) is 0.645. The van der Waals surface area contributed by atoms with Crippen molar-refractivity contribution in [3.63, 3.8) is 0 Å². The number of aldehydes is 1. The van der Waals surface area contributed by atoms with Gasteiger partial charge in [-0.15, -0.1) is 0 Å². The molecule has 0 saturated carbocycles. The molecule has 0 aliphatic rings. The number of rotatable bonds is 4. The van der Waals surface area contributed by atoms with Gasteiger partial charge < -0.3 is 4.74 Å². The van der Waals surface area contributed by atoms with Gasteiger partial charge in [-0.2, -0.15) is 0 Å². The number of ether oxygens (including phenoxy) is 1. The molecule has 1 aromatic rings. The normalized spacial score (nSPS) is 11.5. The maximum atomic E-state index is 11.2. The second kappa shape index (κ2) is 4.85. The smallest absolute Gasteiger partial charge is 0.388 e. The van der Waals surface area contributed by atoms with Crippen molar-refractivity contribution in [2.45, 2.75) is 6.23 Å². The maximum Gasteiger partial charge on any atom is 0.413 e. The van der Waals surface area contributed by atoms with Gasteiger partial charge in [0.25, 0.3) is 0 Å². The van der Waals surface area contributed by atoms with E-state index in [0.717, 1.165) is 0 Å². The summed E-state index contributed by atoms with van der Waals surface area (Å²) >= 11 is 0. The summed E-state index contributed by atoms with van der Waals surface area (Å²) in [6.45, 7) is 0. The van der Waals surface area contributed by atoms with Crippen LogP contribution in [-0.2, 0) is 9.53 Å². The van der Waals surface area contributed by atoms with Crippen LogP contribution in [0, 0.1) is 10.1 Å². The van der Waals surface area contributed by atoms with Crippen LogP contribution in [0.15, 0.2) is 30.3 Å². The molecule has 0 aromatic heterocycles. The average molecular weight is 209 g/mol. The number of carbonyl (C=O) groups is 2. The summed E-state index contributed by atoms with van der Waals surface area (Å²) in [5.74, 6) is -0.899. The standard InChI is InChI=1S/C9H7NO5/c11-6-8(10(13)14)15-9(12)7-4-2-1-3-5-7/h1-6,8H. The minimum absolute atomic E-state index is 0.0408. The van der Waals surface area contributed by atoms with Gasteiger partial charge in [0, 0.05) is 0 Å². The third-order valence-corrected chi connectivity index (χ3v) is 1.56. The summed E-state index contributed by atoms with van der Waals surface area (Å²) in [6.07, 6.45) is -1.99. The Morgan fingerprint density at radius 1 is 1.40 bits per heavy atom. The molecule has 78 valence electrons. The molecule has 0 fully saturated rings. The van der Waals surface area contributed by atoms with Gasteiger partial charge in [-0.1, -0.05) is 18.2 Å². The molecule has 0 heterocycles. The van der Waals surface area contributed by atoms with Crippen LogP contribution in [0.2, 0.25) is 0 Å². The Morgan fingerprint density at radius 2 is 2.00 bits per heavy atom. The molecule has 0 amide bonds. The Bertz CT molecular complexity index is 375. The molecule has 0 saturated heterocycles. The second-order valence-corrected chi connectivity index (χ2v) is 2.58. The van der Waals surface area contributed by atoms with Gasteiger partial charge in [-0.3, -0.25) is 14.9 Å². The van der Waals surface area contributed by atoms with E-state index in [1.54, 1.807) is 18.2 Å². The lowest BCUT2D eigenvalue weighted by atomic mass is 10.2. The number of esters is 1. The molecule has 15 heavy (non-hydrogen) atoms. The molecule has 6 heteroatoms. The van der Waals surface area contributed by atoms with Crippen molar-refractivity contribution in [2.24, 2.45) is 0 Å². The van der Waals surface area contributed by atoms with Crippen molar-refractivity contribution in [1.82, 2.24) is 0 Å². The van der Waals surface area contributed by atoms with E-state index in [1.165, 1.54) is 12.1 Å². The van der Waals surface area contributed by atoms with Crippen molar-refractivity contribution in [3.05, 3.63) is 46.0 Å². The summed E-state index contributed by atoms with van der Waals surface area (Å²) < 4.78 is 4.34. The fourth-order valence-electron chi connectivity index (χ4n) is 0.872. The van der Waals surface area contributed by atoms with Crippen LogP contribution in [0.25, 0.3) is 0 Å². The summed E-state index contributed by atoms with van der Waals surface area (Å²) in [6, 6.07) is 7.72. The summed E-state index contributed by atoms with van der Waals surface area (Å²) in [5, 5.41) is 10.2. The zero-order valence-electron chi connectivity index (χ0n) is 7.53. The van der Waals surface area contributed by atoms with Gasteiger partial charge in [0.15, 0.2) is 0 Å². The number of hydrogen-bond donors (Lipinski definition) is 0. The SMILES string of the molecule is O=CC(OC(=O)c1ccccc1)[N+](=O)[O-]. The first-order chi connectivity index (χ1) is 7.15. The largest absolute Gasteiger partial charge is 0.413 e. The van der Waals surface area contributed by atoms with Crippen molar-refractivity contribution in [2.75, 3.05) is 0 Å². The topological polar surface area (TPSA) is 86.5 Å². The fourth-order valence-corrected chi connectivity index (χ4v) is 0.872. The molecule has 0 spiro atoms. The van der Waals surface area contributed by atoms with Crippen LogP contribution in [-0.4, -0.2) is 23.4 Å². The number of benzene rings is 1. The molecular weight excluding hydrogens is 202 g/mol. The van der Waals surface area contributed by atoms with Crippen molar-refractivity contribution in [1.29, 1.82) is 0 Å². The van der Waals surface area contributed by atoms with Crippen LogP contribution < -0.4 is 0 Å². The Kier molecular flexibility index (Phi) is 3.50. The van der Waals surface area contributed by atoms with Gasteiger partial charge in [-0.05, 0) is 12.1 Å². The molecule has 1 rings (SSSR count). The predicted molar refractivity (Wildman–Crippen MR) is 48.7 cm³/mol. The van der Waals surface area contributed by atoms with Crippen molar-refractivity contribution >= 4 is 12.3 Å². The van der Waals surface area contributed by atoms with Crippen LogP contribution in [0.1, 0.15) is 10.4 Å². The molecular formula is C9H7NO5. The Labute approximate surface area is 84.6 Å².